The highest BCUT2D eigenvalue weighted by atomic mass is 16.5. The molecule has 0 fully saturated rings. The molecule has 0 spiro atoms. The van der Waals surface area contributed by atoms with Gasteiger partial charge in [-0.1, -0.05) is 12.1 Å². The molecule has 0 aliphatic rings. The summed E-state index contributed by atoms with van der Waals surface area (Å²) in [6, 6.07) is 7.09. The third-order valence-electron chi connectivity index (χ3n) is 2.48. The number of rotatable bonds is 5. The molecular formula is C13H13NO5. The second-order valence-electron chi connectivity index (χ2n) is 3.78. The summed E-state index contributed by atoms with van der Waals surface area (Å²) in [6.07, 6.45) is 0. The van der Waals surface area contributed by atoms with Crippen LogP contribution in [0.1, 0.15) is 17.4 Å². The van der Waals surface area contributed by atoms with Crippen LogP contribution in [0.3, 0.4) is 0 Å². The van der Waals surface area contributed by atoms with Gasteiger partial charge in [0.05, 0.1) is 6.61 Å². The number of benzene rings is 1. The summed E-state index contributed by atoms with van der Waals surface area (Å²) >= 11 is 0. The lowest BCUT2D eigenvalue weighted by Gasteiger charge is -2.05. The molecule has 0 unspecified atom stereocenters. The first kappa shape index (κ1) is 12.9. The SMILES string of the molecule is CCOC(=O)c1[nH]c2ccccc2c1OCC(=O)O. The average molecular weight is 263 g/mol. The van der Waals surface area contributed by atoms with E-state index in [0.717, 1.165) is 0 Å². The van der Waals surface area contributed by atoms with Crippen LogP contribution in [0.2, 0.25) is 0 Å². The summed E-state index contributed by atoms with van der Waals surface area (Å²) in [5, 5.41) is 9.31. The van der Waals surface area contributed by atoms with Gasteiger partial charge in [0.25, 0.3) is 0 Å². The number of para-hydroxylation sites is 1. The quantitative estimate of drug-likeness (QED) is 0.803. The molecule has 0 aliphatic carbocycles. The molecule has 6 nitrogen and oxygen atoms in total. The molecule has 2 rings (SSSR count). The lowest BCUT2D eigenvalue weighted by Crippen LogP contribution is -2.12. The predicted molar refractivity (Wildman–Crippen MR) is 67.4 cm³/mol. The van der Waals surface area contributed by atoms with Crippen LogP contribution in [0, 0.1) is 0 Å². The van der Waals surface area contributed by atoms with Gasteiger partial charge >= 0.3 is 11.9 Å². The van der Waals surface area contributed by atoms with Gasteiger partial charge in [0.2, 0.25) is 0 Å². The minimum absolute atomic E-state index is 0.129. The molecule has 1 aromatic heterocycles. The van der Waals surface area contributed by atoms with Gasteiger partial charge in [0.1, 0.15) is 0 Å². The van der Waals surface area contributed by atoms with Crippen molar-refractivity contribution in [3.8, 4) is 5.75 Å². The van der Waals surface area contributed by atoms with Gasteiger partial charge < -0.3 is 19.6 Å². The van der Waals surface area contributed by atoms with Crippen molar-refractivity contribution in [2.24, 2.45) is 0 Å². The summed E-state index contributed by atoms with van der Waals surface area (Å²) in [5.74, 6) is -1.48. The van der Waals surface area contributed by atoms with Gasteiger partial charge in [-0.25, -0.2) is 9.59 Å². The maximum Gasteiger partial charge on any atom is 0.358 e. The first-order valence-corrected chi connectivity index (χ1v) is 5.76. The number of aromatic amines is 1. The van der Waals surface area contributed by atoms with E-state index in [4.69, 9.17) is 14.6 Å². The number of hydrogen-bond acceptors (Lipinski definition) is 4. The van der Waals surface area contributed by atoms with Crippen molar-refractivity contribution in [3.63, 3.8) is 0 Å². The van der Waals surface area contributed by atoms with Gasteiger partial charge in [-0.05, 0) is 19.1 Å². The molecule has 0 aliphatic heterocycles. The Balaban J connectivity index is 2.45. The van der Waals surface area contributed by atoms with Crippen molar-refractivity contribution < 1.29 is 24.2 Å². The second-order valence-corrected chi connectivity index (χ2v) is 3.78. The molecule has 1 aromatic carbocycles. The fourth-order valence-corrected chi connectivity index (χ4v) is 1.75. The largest absolute Gasteiger partial charge is 0.479 e. The summed E-state index contributed by atoms with van der Waals surface area (Å²) in [5.41, 5.74) is 0.815. The molecular weight excluding hydrogens is 250 g/mol. The summed E-state index contributed by atoms with van der Waals surface area (Å²) in [7, 11) is 0. The number of carboxylic acid groups (broad SMARTS) is 1. The van der Waals surface area contributed by atoms with E-state index in [9.17, 15) is 9.59 Å². The Hall–Kier alpha value is -2.50. The maximum absolute atomic E-state index is 11.8. The average Bonchev–Trinajstić information content (AvgIpc) is 2.75. The number of ether oxygens (including phenoxy) is 2. The number of nitrogens with one attached hydrogen (secondary N) is 1. The molecule has 100 valence electrons. The lowest BCUT2D eigenvalue weighted by atomic mass is 10.2. The van der Waals surface area contributed by atoms with Crippen molar-refractivity contribution in [3.05, 3.63) is 30.0 Å². The highest BCUT2D eigenvalue weighted by molar-refractivity contribution is 6.01. The van der Waals surface area contributed by atoms with E-state index in [1.807, 2.05) is 0 Å². The first-order valence-electron chi connectivity index (χ1n) is 5.76. The van der Waals surface area contributed by atoms with E-state index in [1.165, 1.54) is 0 Å². The minimum Gasteiger partial charge on any atom is -0.479 e. The zero-order valence-corrected chi connectivity index (χ0v) is 10.3. The van der Waals surface area contributed by atoms with Gasteiger partial charge in [0.15, 0.2) is 18.1 Å². The molecule has 0 atom stereocenters. The minimum atomic E-state index is -1.11. The molecule has 0 saturated heterocycles. The van der Waals surface area contributed by atoms with Crippen molar-refractivity contribution in [2.45, 2.75) is 6.92 Å². The van der Waals surface area contributed by atoms with E-state index in [-0.39, 0.29) is 18.1 Å². The van der Waals surface area contributed by atoms with Crippen LogP contribution in [0.25, 0.3) is 10.9 Å². The molecule has 0 bridgehead atoms. The van der Waals surface area contributed by atoms with Crippen LogP contribution in [-0.4, -0.2) is 35.2 Å². The van der Waals surface area contributed by atoms with E-state index < -0.39 is 18.5 Å². The zero-order chi connectivity index (χ0) is 13.8. The number of carbonyl (C=O) groups excluding carboxylic acids is 1. The Labute approximate surface area is 108 Å². The number of fused-ring (bicyclic) bond motifs is 1. The number of esters is 1. The van der Waals surface area contributed by atoms with Crippen LogP contribution < -0.4 is 4.74 Å². The number of carbonyl (C=O) groups is 2. The van der Waals surface area contributed by atoms with Crippen LogP contribution in [0.5, 0.6) is 5.75 Å². The van der Waals surface area contributed by atoms with Gasteiger partial charge in [-0.2, -0.15) is 0 Å². The Kier molecular flexibility index (Phi) is 3.70. The van der Waals surface area contributed by atoms with Crippen molar-refractivity contribution in [2.75, 3.05) is 13.2 Å². The topological polar surface area (TPSA) is 88.6 Å². The van der Waals surface area contributed by atoms with E-state index >= 15 is 0 Å². The maximum atomic E-state index is 11.8. The fraction of sp³-hybridized carbons (Fsp3) is 0.231. The molecule has 0 saturated carbocycles. The zero-order valence-electron chi connectivity index (χ0n) is 10.3. The van der Waals surface area contributed by atoms with Gasteiger partial charge in [0, 0.05) is 10.9 Å². The van der Waals surface area contributed by atoms with Crippen LogP contribution >= 0.6 is 0 Å². The third kappa shape index (κ3) is 2.67. The Morgan fingerprint density at radius 2 is 2.05 bits per heavy atom. The first-order chi connectivity index (χ1) is 9.13. The number of aliphatic carboxylic acids is 1. The molecule has 0 radical (unpaired) electrons. The van der Waals surface area contributed by atoms with Gasteiger partial charge in [-0.3, -0.25) is 0 Å². The molecule has 6 heteroatoms. The van der Waals surface area contributed by atoms with E-state index in [2.05, 4.69) is 4.98 Å². The highest BCUT2D eigenvalue weighted by Gasteiger charge is 2.20. The van der Waals surface area contributed by atoms with Gasteiger partial charge in [-0.15, -0.1) is 0 Å². The van der Waals surface area contributed by atoms with E-state index in [1.54, 1.807) is 31.2 Å². The smallest absolute Gasteiger partial charge is 0.358 e. The van der Waals surface area contributed by atoms with Crippen molar-refractivity contribution >= 4 is 22.8 Å². The van der Waals surface area contributed by atoms with E-state index in [0.29, 0.717) is 10.9 Å². The fourth-order valence-electron chi connectivity index (χ4n) is 1.75. The summed E-state index contributed by atoms with van der Waals surface area (Å²) in [4.78, 5) is 25.3. The normalized spacial score (nSPS) is 10.4. The van der Waals surface area contributed by atoms with Crippen LogP contribution in [0.4, 0.5) is 0 Å². The summed E-state index contributed by atoms with van der Waals surface area (Å²) < 4.78 is 10.1. The molecule has 19 heavy (non-hydrogen) atoms. The Bertz CT molecular complexity index is 617. The third-order valence-corrected chi connectivity index (χ3v) is 2.48. The highest BCUT2D eigenvalue weighted by Crippen LogP contribution is 2.30. The standard InChI is InChI=1S/C13H13NO5/c1-2-18-13(17)11-12(19-7-10(15)16)8-5-3-4-6-9(8)14-11/h3-6,14H,2,7H2,1H3,(H,15,16). The number of H-pyrrole nitrogens is 1. The number of aromatic nitrogens is 1. The molecule has 2 N–H and O–H groups in total. The number of carboxylic acids is 1. The molecule has 1 heterocycles. The summed E-state index contributed by atoms with van der Waals surface area (Å²) in [6.45, 7) is 1.40. The Morgan fingerprint density at radius 1 is 1.32 bits per heavy atom. The predicted octanol–water partition coefficient (Wildman–Crippen LogP) is 1.81. The lowest BCUT2D eigenvalue weighted by molar-refractivity contribution is -0.139. The van der Waals surface area contributed by atoms with Crippen molar-refractivity contribution in [1.29, 1.82) is 0 Å². The second kappa shape index (κ2) is 5.43. The molecule has 0 amide bonds. The molecule has 2 aromatic rings. The van der Waals surface area contributed by atoms with Crippen LogP contribution in [-0.2, 0) is 9.53 Å². The number of hydrogen-bond donors (Lipinski definition) is 2. The monoisotopic (exact) mass is 263 g/mol. The van der Waals surface area contributed by atoms with Crippen molar-refractivity contribution in [1.82, 2.24) is 4.98 Å². The Morgan fingerprint density at radius 3 is 2.74 bits per heavy atom. The van der Waals surface area contributed by atoms with Crippen LogP contribution in [0.15, 0.2) is 24.3 Å².